The molecule has 0 bridgehead atoms. The van der Waals surface area contributed by atoms with Crippen LogP contribution in [0, 0.1) is 5.92 Å². The summed E-state index contributed by atoms with van der Waals surface area (Å²) in [6, 6.07) is 1.49. The maximum absolute atomic E-state index is 3.76. The maximum Gasteiger partial charge on any atom is 0.0209 e. The summed E-state index contributed by atoms with van der Waals surface area (Å²) in [5.41, 5.74) is 0. The Morgan fingerprint density at radius 1 is 1.31 bits per heavy atom. The largest absolute Gasteiger partial charge is 0.312 e. The van der Waals surface area contributed by atoms with Crippen molar-refractivity contribution in [3.63, 3.8) is 0 Å². The van der Waals surface area contributed by atoms with Crippen LogP contribution in [0.15, 0.2) is 0 Å². The molecule has 2 saturated heterocycles. The Kier molecular flexibility index (Phi) is 4.22. The van der Waals surface area contributed by atoms with Crippen LogP contribution in [-0.4, -0.2) is 61.7 Å². The van der Waals surface area contributed by atoms with E-state index in [1.807, 2.05) is 0 Å². The summed E-state index contributed by atoms with van der Waals surface area (Å²) in [6.45, 7) is 10.9. The molecule has 2 aliphatic heterocycles. The Bertz CT molecular complexity index is 209. The average molecular weight is 225 g/mol. The lowest BCUT2D eigenvalue weighted by Gasteiger charge is -2.17. The minimum atomic E-state index is 0.732. The van der Waals surface area contributed by atoms with Gasteiger partial charge in [0.2, 0.25) is 0 Å². The van der Waals surface area contributed by atoms with Crippen LogP contribution in [-0.2, 0) is 0 Å². The van der Waals surface area contributed by atoms with Gasteiger partial charge in [0.25, 0.3) is 0 Å². The van der Waals surface area contributed by atoms with Crippen molar-refractivity contribution in [3.05, 3.63) is 0 Å². The van der Waals surface area contributed by atoms with Crippen molar-refractivity contribution in [1.29, 1.82) is 0 Å². The highest BCUT2D eigenvalue weighted by Gasteiger charge is 2.27. The SMILES string of the molecule is CCN1CCC(CNC2CC(C)N(C)C2)C1. The molecule has 3 nitrogen and oxygen atoms in total. The lowest BCUT2D eigenvalue weighted by atomic mass is 10.1. The molecule has 2 rings (SSSR count). The van der Waals surface area contributed by atoms with E-state index in [2.05, 4.69) is 36.0 Å². The van der Waals surface area contributed by atoms with Crippen molar-refractivity contribution < 1.29 is 0 Å². The van der Waals surface area contributed by atoms with E-state index in [0.29, 0.717) is 0 Å². The third-order valence-electron chi connectivity index (χ3n) is 4.40. The standard InChI is InChI=1S/C13H27N3/c1-4-16-6-5-12(9-16)8-14-13-7-11(2)15(3)10-13/h11-14H,4-10H2,1-3H3. The third kappa shape index (κ3) is 2.96. The molecular formula is C13H27N3. The zero-order valence-corrected chi connectivity index (χ0v) is 11.1. The van der Waals surface area contributed by atoms with Gasteiger partial charge in [-0.05, 0) is 52.4 Å². The van der Waals surface area contributed by atoms with Gasteiger partial charge in [0, 0.05) is 25.2 Å². The van der Waals surface area contributed by atoms with Gasteiger partial charge in [0.05, 0.1) is 0 Å². The predicted molar refractivity (Wildman–Crippen MR) is 68.7 cm³/mol. The number of hydrogen-bond acceptors (Lipinski definition) is 3. The smallest absolute Gasteiger partial charge is 0.0209 e. The minimum Gasteiger partial charge on any atom is -0.312 e. The first-order valence-electron chi connectivity index (χ1n) is 6.85. The lowest BCUT2D eigenvalue weighted by molar-refractivity contribution is 0.321. The fraction of sp³-hybridized carbons (Fsp3) is 1.00. The Labute approximate surface area is 100 Å². The molecule has 3 heteroatoms. The molecule has 0 aromatic carbocycles. The monoisotopic (exact) mass is 225 g/mol. The van der Waals surface area contributed by atoms with E-state index >= 15 is 0 Å². The number of rotatable bonds is 4. The van der Waals surface area contributed by atoms with Crippen LogP contribution >= 0.6 is 0 Å². The van der Waals surface area contributed by atoms with Gasteiger partial charge in [0.1, 0.15) is 0 Å². The number of hydrogen-bond donors (Lipinski definition) is 1. The Morgan fingerprint density at radius 3 is 2.69 bits per heavy atom. The second-order valence-electron chi connectivity index (χ2n) is 5.68. The minimum absolute atomic E-state index is 0.732. The normalized spacial score (nSPS) is 37.3. The zero-order valence-electron chi connectivity index (χ0n) is 11.1. The van der Waals surface area contributed by atoms with Gasteiger partial charge in [-0.15, -0.1) is 0 Å². The molecular weight excluding hydrogens is 198 g/mol. The van der Waals surface area contributed by atoms with Crippen molar-refractivity contribution in [2.75, 3.05) is 39.8 Å². The summed E-state index contributed by atoms with van der Waals surface area (Å²) in [6.07, 6.45) is 2.71. The number of likely N-dealkylation sites (tertiary alicyclic amines) is 2. The maximum atomic E-state index is 3.76. The summed E-state index contributed by atoms with van der Waals surface area (Å²) >= 11 is 0. The Hall–Kier alpha value is -0.120. The first kappa shape index (κ1) is 12.3. The van der Waals surface area contributed by atoms with Crippen molar-refractivity contribution in [3.8, 4) is 0 Å². The van der Waals surface area contributed by atoms with E-state index in [0.717, 1.165) is 18.0 Å². The van der Waals surface area contributed by atoms with Crippen LogP contribution in [0.5, 0.6) is 0 Å². The molecule has 94 valence electrons. The third-order valence-corrected chi connectivity index (χ3v) is 4.40. The van der Waals surface area contributed by atoms with Crippen LogP contribution in [0.25, 0.3) is 0 Å². The van der Waals surface area contributed by atoms with Crippen LogP contribution in [0.3, 0.4) is 0 Å². The van der Waals surface area contributed by atoms with E-state index in [4.69, 9.17) is 0 Å². The van der Waals surface area contributed by atoms with Gasteiger partial charge in [-0.1, -0.05) is 6.92 Å². The van der Waals surface area contributed by atoms with Gasteiger partial charge in [-0.25, -0.2) is 0 Å². The van der Waals surface area contributed by atoms with Crippen molar-refractivity contribution in [1.82, 2.24) is 15.1 Å². The molecule has 16 heavy (non-hydrogen) atoms. The first-order chi connectivity index (χ1) is 7.69. The van der Waals surface area contributed by atoms with Crippen molar-refractivity contribution in [2.24, 2.45) is 5.92 Å². The summed E-state index contributed by atoms with van der Waals surface area (Å²) in [5.74, 6) is 0.890. The average Bonchev–Trinajstić information content (AvgIpc) is 2.84. The quantitative estimate of drug-likeness (QED) is 0.770. The molecule has 0 aromatic heterocycles. The van der Waals surface area contributed by atoms with Crippen LogP contribution in [0.1, 0.15) is 26.7 Å². The fourth-order valence-corrected chi connectivity index (χ4v) is 3.04. The molecule has 0 spiro atoms. The molecule has 3 unspecified atom stereocenters. The van der Waals surface area contributed by atoms with Gasteiger partial charge in [0.15, 0.2) is 0 Å². The molecule has 2 fully saturated rings. The fourth-order valence-electron chi connectivity index (χ4n) is 3.04. The zero-order chi connectivity index (χ0) is 11.5. The number of nitrogens with one attached hydrogen (secondary N) is 1. The highest BCUT2D eigenvalue weighted by atomic mass is 15.2. The molecule has 0 amide bonds. The van der Waals surface area contributed by atoms with Gasteiger partial charge in [-0.2, -0.15) is 0 Å². The van der Waals surface area contributed by atoms with Crippen LogP contribution < -0.4 is 5.32 Å². The van der Waals surface area contributed by atoms with E-state index < -0.39 is 0 Å². The summed E-state index contributed by atoms with van der Waals surface area (Å²) in [7, 11) is 2.24. The van der Waals surface area contributed by atoms with Crippen LogP contribution in [0.2, 0.25) is 0 Å². The molecule has 0 aliphatic carbocycles. The first-order valence-corrected chi connectivity index (χ1v) is 6.85. The second-order valence-corrected chi connectivity index (χ2v) is 5.68. The van der Waals surface area contributed by atoms with Gasteiger partial charge >= 0.3 is 0 Å². The Balaban J connectivity index is 1.65. The molecule has 2 heterocycles. The van der Waals surface area contributed by atoms with E-state index in [9.17, 15) is 0 Å². The highest BCUT2D eigenvalue weighted by Crippen LogP contribution is 2.18. The summed E-state index contributed by atoms with van der Waals surface area (Å²) in [4.78, 5) is 5.03. The van der Waals surface area contributed by atoms with E-state index in [-0.39, 0.29) is 0 Å². The van der Waals surface area contributed by atoms with Crippen LogP contribution in [0.4, 0.5) is 0 Å². The van der Waals surface area contributed by atoms with Gasteiger partial charge < -0.3 is 15.1 Å². The molecule has 3 atom stereocenters. The molecule has 2 aliphatic rings. The lowest BCUT2D eigenvalue weighted by Crippen LogP contribution is -2.36. The molecule has 0 radical (unpaired) electrons. The van der Waals surface area contributed by atoms with Gasteiger partial charge in [-0.3, -0.25) is 0 Å². The molecule has 1 N–H and O–H groups in total. The predicted octanol–water partition coefficient (Wildman–Crippen LogP) is 1.01. The molecule has 0 aromatic rings. The van der Waals surface area contributed by atoms with E-state index in [1.165, 1.54) is 45.6 Å². The highest BCUT2D eigenvalue weighted by molar-refractivity contribution is 4.86. The number of nitrogens with zero attached hydrogens (tertiary/aromatic N) is 2. The van der Waals surface area contributed by atoms with Crippen molar-refractivity contribution in [2.45, 2.75) is 38.8 Å². The van der Waals surface area contributed by atoms with E-state index in [1.54, 1.807) is 0 Å². The Morgan fingerprint density at radius 2 is 2.12 bits per heavy atom. The number of likely N-dealkylation sites (N-methyl/N-ethyl adjacent to an activating group) is 1. The topological polar surface area (TPSA) is 18.5 Å². The second kappa shape index (κ2) is 5.48. The summed E-state index contributed by atoms with van der Waals surface area (Å²) in [5, 5.41) is 3.76. The summed E-state index contributed by atoms with van der Waals surface area (Å²) < 4.78 is 0. The van der Waals surface area contributed by atoms with Crippen molar-refractivity contribution >= 4 is 0 Å². The molecule has 0 saturated carbocycles.